The van der Waals surface area contributed by atoms with Gasteiger partial charge in [0.1, 0.15) is 0 Å². The Morgan fingerprint density at radius 3 is 2.86 bits per heavy atom. The molecule has 1 aliphatic rings. The van der Waals surface area contributed by atoms with E-state index in [0.29, 0.717) is 17.4 Å². The van der Waals surface area contributed by atoms with E-state index in [2.05, 4.69) is 19.3 Å². The summed E-state index contributed by atoms with van der Waals surface area (Å²) in [6.45, 7) is 4.58. The third-order valence-corrected chi connectivity index (χ3v) is 3.33. The first-order valence-electron chi connectivity index (χ1n) is 5.11. The summed E-state index contributed by atoms with van der Waals surface area (Å²) in [5.74, 6) is 6.27. The molecule has 1 heterocycles. The van der Waals surface area contributed by atoms with Crippen LogP contribution in [0.25, 0.3) is 0 Å². The molecule has 2 atom stereocenters. The Hall–Kier alpha value is -0.800. The fourth-order valence-corrected chi connectivity index (χ4v) is 2.17. The number of rotatable bonds is 4. The van der Waals surface area contributed by atoms with Crippen LogP contribution >= 0.6 is 0 Å². The Kier molecular flexibility index (Phi) is 2.37. The third kappa shape index (κ3) is 1.83. The van der Waals surface area contributed by atoms with Gasteiger partial charge in [-0.05, 0) is 35.8 Å². The second-order valence-electron chi connectivity index (χ2n) is 4.91. The highest BCUT2D eigenvalue weighted by atomic mass is 16.3. The molecule has 0 radical (unpaired) electrons. The lowest BCUT2D eigenvalue weighted by atomic mass is 9.99. The van der Waals surface area contributed by atoms with Crippen LogP contribution in [0, 0.1) is 11.3 Å². The highest BCUT2D eigenvalue weighted by Crippen LogP contribution is 2.53. The van der Waals surface area contributed by atoms with Crippen molar-refractivity contribution in [3.05, 3.63) is 24.2 Å². The predicted octanol–water partition coefficient (Wildman–Crippen LogP) is 1.70. The first-order chi connectivity index (χ1) is 6.63. The van der Waals surface area contributed by atoms with Gasteiger partial charge in [0.25, 0.3) is 0 Å². The monoisotopic (exact) mass is 194 g/mol. The zero-order chi connectivity index (χ0) is 10.2. The quantitative estimate of drug-likeness (QED) is 0.566. The SMILES string of the molecule is CC1(C)CC1C(Cc1ccoc1)NN. The van der Waals surface area contributed by atoms with Crippen molar-refractivity contribution in [2.24, 2.45) is 17.2 Å². The van der Waals surface area contributed by atoms with Crippen molar-refractivity contribution in [1.82, 2.24) is 5.43 Å². The summed E-state index contributed by atoms with van der Waals surface area (Å²) in [5, 5.41) is 0. The van der Waals surface area contributed by atoms with Gasteiger partial charge < -0.3 is 4.42 Å². The summed E-state index contributed by atoms with van der Waals surface area (Å²) in [6, 6.07) is 2.38. The number of hydrazine groups is 1. The molecule has 1 saturated carbocycles. The van der Waals surface area contributed by atoms with Gasteiger partial charge in [-0.25, -0.2) is 0 Å². The molecule has 3 nitrogen and oxygen atoms in total. The molecule has 78 valence electrons. The van der Waals surface area contributed by atoms with Gasteiger partial charge in [0.05, 0.1) is 12.5 Å². The van der Waals surface area contributed by atoms with Gasteiger partial charge >= 0.3 is 0 Å². The summed E-state index contributed by atoms with van der Waals surface area (Å²) < 4.78 is 5.04. The van der Waals surface area contributed by atoms with Crippen LogP contribution in [0.2, 0.25) is 0 Å². The summed E-state index contributed by atoms with van der Waals surface area (Å²) in [7, 11) is 0. The first-order valence-corrected chi connectivity index (χ1v) is 5.11. The summed E-state index contributed by atoms with van der Waals surface area (Å²) >= 11 is 0. The molecule has 0 saturated heterocycles. The predicted molar refractivity (Wildman–Crippen MR) is 55.4 cm³/mol. The zero-order valence-electron chi connectivity index (χ0n) is 8.79. The van der Waals surface area contributed by atoms with Crippen LogP contribution < -0.4 is 11.3 Å². The van der Waals surface area contributed by atoms with Gasteiger partial charge in [-0.1, -0.05) is 13.8 Å². The molecule has 0 amide bonds. The average Bonchev–Trinajstić information content (AvgIpc) is 2.62. The van der Waals surface area contributed by atoms with E-state index in [4.69, 9.17) is 10.3 Å². The largest absolute Gasteiger partial charge is 0.472 e. The molecule has 2 unspecified atom stereocenters. The van der Waals surface area contributed by atoms with Crippen LogP contribution in [0.1, 0.15) is 25.8 Å². The summed E-state index contributed by atoms with van der Waals surface area (Å²) in [4.78, 5) is 0. The molecular weight excluding hydrogens is 176 g/mol. The van der Waals surface area contributed by atoms with E-state index in [1.165, 1.54) is 12.0 Å². The lowest BCUT2D eigenvalue weighted by Gasteiger charge is -2.16. The second kappa shape index (κ2) is 3.41. The molecule has 0 spiro atoms. The van der Waals surface area contributed by atoms with E-state index in [9.17, 15) is 0 Å². The number of nitrogens with one attached hydrogen (secondary N) is 1. The Morgan fingerprint density at radius 2 is 2.43 bits per heavy atom. The van der Waals surface area contributed by atoms with Crippen molar-refractivity contribution in [1.29, 1.82) is 0 Å². The summed E-state index contributed by atoms with van der Waals surface area (Å²) in [6.07, 6.45) is 5.72. The van der Waals surface area contributed by atoms with Gasteiger partial charge in [0.2, 0.25) is 0 Å². The van der Waals surface area contributed by atoms with Gasteiger partial charge in [-0.15, -0.1) is 0 Å². The molecule has 3 N–H and O–H groups in total. The summed E-state index contributed by atoms with van der Waals surface area (Å²) in [5.41, 5.74) is 4.59. The topological polar surface area (TPSA) is 51.2 Å². The number of furan rings is 1. The van der Waals surface area contributed by atoms with Crippen molar-refractivity contribution in [2.75, 3.05) is 0 Å². The number of nitrogens with two attached hydrogens (primary N) is 1. The van der Waals surface area contributed by atoms with Crippen LogP contribution in [0.3, 0.4) is 0 Å². The van der Waals surface area contributed by atoms with E-state index in [1.807, 2.05) is 6.07 Å². The average molecular weight is 194 g/mol. The van der Waals surface area contributed by atoms with E-state index in [-0.39, 0.29) is 0 Å². The highest BCUT2D eigenvalue weighted by Gasteiger charge is 2.49. The Bertz CT molecular complexity index is 292. The molecule has 0 bridgehead atoms. The molecule has 1 aromatic rings. The van der Waals surface area contributed by atoms with Crippen molar-refractivity contribution in [2.45, 2.75) is 32.7 Å². The Labute approximate surface area is 84.6 Å². The molecule has 3 heteroatoms. The van der Waals surface area contributed by atoms with Crippen molar-refractivity contribution >= 4 is 0 Å². The van der Waals surface area contributed by atoms with Gasteiger partial charge in [0.15, 0.2) is 0 Å². The maximum atomic E-state index is 5.57. The molecule has 0 aromatic carbocycles. The van der Waals surface area contributed by atoms with Crippen LogP contribution in [0.4, 0.5) is 0 Å². The second-order valence-corrected chi connectivity index (χ2v) is 4.91. The van der Waals surface area contributed by atoms with Crippen molar-refractivity contribution in [3.8, 4) is 0 Å². The normalized spacial score (nSPS) is 26.1. The van der Waals surface area contributed by atoms with Crippen LogP contribution in [0.5, 0.6) is 0 Å². The number of hydrogen-bond donors (Lipinski definition) is 2. The van der Waals surface area contributed by atoms with Gasteiger partial charge in [0, 0.05) is 6.04 Å². The molecule has 2 rings (SSSR count). The van der Waals surface area contributed by atoms with E-state index < -0.39 is 0 Å². The van der Waals surface area contributed by atoms with E-state index >= 15 is 0 Å². The standard InChI is InChI=1S/C11H18N2O/c1-11(2)6-9(11)10(13-12)5-8-3-4-14-7-8/h3-4,7,9-10,13H,5-6,12H2,1-2H3. The third-order valence-electron chi connectivity index (χ3n) is 3.33. The Balaban J connectivity index is 1.95. The minimum Gasteiger partial charge on any atom is -0.472 e. The number of hydrogen-bond acceptors (Lipinski definition) is 3. The van der Waals surface area contributed by atoms with Crippen LogP contribution in [-0.4, -0.2) is 6.04 Å². The van der Waals surface area contributed by atoms with Crippen molar-refractivity contribution in [3.63, 3.8) is 0 Å². The smallest absolute Gasteiger partial charge is 0.0935 e. The molecule has 1 fully saturated rings. The van der Waals surface area contributed by atoms with Gasteiger partial charge in [-0.2, -0.15) is 0 Å². The van der Waals surface area contributed by atoms with Gasteiger partial charge in [-0.3, -0.25) is 11.3 Å². The van der Waals surface area contributed by atoms with Crippen molar-refractivity contribution < 1.29 is 4.42 Å². The minimum absolute atomic E-state index is 0.377. The lowest BCUT2D eigenvalue weighted by Crippen LogP contribution is -2.39. The first kappa shape index (κ1) is 9.74. The maximum Gasteiger partial charge on any atom is 0.0935 e. The van der Waals surface area contributed by atoms with Crippen LogP contribution in [0.15, 0.2) is 23.0 Å². The van der Waals surface area contributed by atoms with E-state index in [0.717, 1.165) is 6.42 Å². The highest BCUT2D eigenvalue weighted by molar-refractivity contribution is 5.11. The zero-order valence-corrected chi connectivity index (χ0v) is 8.79. The van der Waals surface area contributed by atoms with Crippen LogP contribution in [-0.2, 0) is 6.42 Å². The molecule has 0 aliphatic heterocycles. The molecular formula is C11H18N2O. The molecule has 1 aromatic heterocycles. The fraction of sp³-hybridized carbons (Fsp3) is 0.636. The maximum absolute atomic E-state index is 5.57. The fourth-order valence-electron chi connectivity index (χ4n) is 2.17. The molecule has 1 aliphatic carbocycles. The Morgan fingerprint density at radius 1 is 1.71 bits per heavy atom. The lowest BCUT2D eigenvalue weighted by molar-refractivity contribution is 0.407. The minimum atomic E-state index is 0.377. The molecule has 14 heavy (non-hydrogen) atoms. The van der Waals surface area contributed by atoms with E-state index in [1.54, 1.807) is 12.5 Å².